The molecule has 29 heavy (non-hydrogen) atoms. The molecule has 3 heterocycles. The van der Waals surface area contributed by atoms with E-state index in [1.807, 2.05) is 6.07 Å². The highest BCUT2D eigenvalue weighted by Gasteiger charge is 2.27. The molecule has 0 atom stereocenters. The zero-order valence-corrected chi connectivity index (χ0v) is 16.6. The molecule has 1 fully saturated rings. The number of carboxylic acid groups (broad SMARTS) is 1. The minimum absolute atomic E-state index is 0.250. The van der Waals surface area contributed by atoms with Gasteiger partial charge in [-0.1, -0.05) is 12.8 Å². The minimum Gasteiger partial charge on any atom is -0.493 e. The molecule has 1 saturated carbocycles. The fourth-order valence-corrected chi connectivity index (χ4v) is 5.64. The van der Waals surface area contributed by atoms with Crippen LogP contribution in [0.5, 0.6) is 5.75 Å². The van der Waals surface area contributed by atoms with Crippen LogP contribution in [0.2, 0.25) is 0 Å². The number of hydrogen-bond donors (Lipinski definition) is 1. The molecule has 0 unspecified atom stereocenters. The van der Waals surface area contributed by atoms with E-state index in [0.717, 1.165) is 41.7 Å². The second kappa shape index (κ2) is 7.87. The maximum atomic E-state index is 13.4. The average molecular weight is 414 g/mol. The van der Waals surface area contributed by atoms with Gasteiger partial charge in [-0.3, -0.25) is 9.78 Å². The maximum absolute atomic E-state index is 13.4. The van der Waals surface area contributed by atoms with Gasteiger partial charge in [0.15, 0.2) is 0 Å². The normalized spacial score (nSPS) is 16.1. The number of carbonyl (C=O) groups is 1. The van der Waals surface area contributed by atoms with Crippen molar-refractivity contribution < 1.29 is 23.1 Å². The van der Waals surface area contributed by atoms with Gasteiger partial charge < -0.3 is 9.84 Å². The van der Waals surface area contributed by atoms with Crippen LogP contribution in [0.4, 0.5) is 0 Å². The first-order chi connectivity index (χ1) is 14.1. The first kappa shape index (κ1) is 19.4. The van der Waals surface area contributed by atoms with Gasteiger partial charge in [0.2, 0.25) is 0 Å². The van der Waals surface area contributed by atoms with Crippen LogP contribution in [0.25, 0.3) is 11.0 Å². The highest BCUT2D eigenvalue weighted by Crippen LogP contribution is 2.39. The lowest BCUT2D eigenvalue weighted by atomic mass is 10.00. The van der Waals surface area contributed by atoms with Crippen molar-refractivity contribution in [2.24, 2.45) is 0 Å². The highest BCUT2D eigenvalue weighted by atomic mass is 32.2. The number of ether oxygens (including phenoxy) is 1. The van der Waals surface area contributed by atoms with Crippen molar-refractivity contribution in [1.82, 2.24) is 8.96 Å². The summed E-state index contributed by atoms with van der Waals surface area (Å²) in [6, 6.07) is 8.78. The smallest absolute Gasteiger partial charge is 0.290 e. The molecule has 2 aromatic heterocycles. The van der Waals surface area contributed by atoms with Gasteiger partial charge in [0, 0.05) is 24.4 Å². The summed E-state index contributed by atoms with van der Waals surface area (Å²) in [4.78, 5) is 13.2. The van der Waals surface area contributed by atoms with E-state index in [-0.39, 0.29) is 6.47 Å². The van der Waals surface area contributed by atoms with Gasteiger partial charge >= 0.3 is 0 Å². The van der Waals surface area contributed by atoms with E-state index in [9.17, 15) is 8.42 Å². The van der Waals surface area contributed by atoms with E-state index in [4.69, 9.17) is 14.6 Å². The molecule has 1 aliphatic heterocycles. The Morgan fingerprint density at radius 3 is 2.72 bits per heavy atom. The van der Waals surface area contributed by atoms with Crippen LogP contribution in [-0.2, 0) is 21.2 Å². The van der Waals surface area contributed by atoms with Crippen molar-refractivity contribution >= 4 is 27.5 Å². The number of aromatic nitrogens is 2. The van der Waals surface area contributed by atoms with Crippen molar-refractivity contribution in [3.05, 3.63) is 53.9 Å². The lowest BCUT2D eigenvalue weighted by Gasteiger charge is -2.09. The summed E-state index contributed by atoms with van der Waals surface area (Å²) in [5, 5.41) is 6.89. The standard InChI is InChI=1S/C20H20N2O3S.CH2O2/c23-26(24,16-7-8-19-15(12-16)9-11-25-19)22-13-17(14-4-1-2-5-14)20-18(22)6-3-10-21-20;2-1-3/h3,6-8,10,12-14H,1-2,4-5,9,11H2;1H,(H,2,3). The molecule has 1 N–H and O–H groups in total. The molecule has 1 aliphatic carbocycles. The molecule has 7 nitrogen and oxygen atoms in total. The number of rotatable bonds is 3. The summed E-state index contributed by atoms with van der Waals surface area (Å²) < 4.78 is 33.7. The molecule has 0 spiro atoms. The molecule has 0 amide bonds. The molecular formula is C21H22N2O5S. The Balaban J connectivity index is 0.000000645. The number of fused-ring (bicyclic) bond motifs is 2. The molecule has 152 valence electrons. The van der Waals surface area contributed by atoms with Crippen molar-refractivity contribution in [2.45, 2.75) is 42.9 Å². The predicted molar refractivity (Wildman–Crippen MR) is 108 cm³/mol. The van der Waals surface area contributed by atoms with E-state index in [0.29, 0.717) is 22.9 Å². The van der Waals surface area contributed by atoms with Gasteiger partial charge in [0.1, 0.15) is 5.75 Å². The van der Waals surface area contributed by atoms with Gasteiger partial charge in [-0.05, 0) is 54.7 Å². The predicted octanol–water partition coefficient (Wildman–Crippen LogP) is 3.57. The zero-order chi connectivity index (χ0) is 20.4. The van der Waals surface area contributed by atoms with Crippen molar-refractivity contribution in [2.75, 3.05) is 6.61 Å². The summed E-state index contributed by atoms with van der Waals surface area (Å²) >= 11 is 0. The van der Waals surface area contributed by atoms with Crippen molar-refractivity contribution in [3.63, 3.8) is 0 Å². The Hall–Kier alpha value is -2.87. The number of benzene rings is 1. The van der Waals surface area contributed by atoms with Gasteiger partial charge in [-0.25, -0.2) is 12.4 Å². The Kier molecular flexibility index (Phi) is 5.27. The first-order valence-electron chi connectivity index (χ1n) is 9.61. The molecule has 3 aromatic rings. The Morgan fingerprint density at radius 2 is 1.97 bits per heavy atom. The summed E-state index contributed by atoms with van der Waals surface area (Å²) in [6.07, 6.45) is 8.89. The average Bonchev–Trinajstić information content (AvgIpc) is 3.46. The lowest BCUT2D eigenvalue weighted by molar-refractivity contribution is -0.122. The van der Waals surface area contributed by atoms with Crippen molar-refractivity contribution in [1.29, 1.82) is 0 Å². The minimum atomic E-state index is -3.67. The second-order valence-corrected chi connectivity index (χ2v) is 9.03. The molecule has 0 saturated heterocycles. The van der Waals surface area contributed by atoms with E-state index >= 15 is 0 Å². The first-order valence-corrected chi connectivity index (χ1v) is 11.1. The largest absolute Gasteiger partial charge is 0.493 e. The lowest BCUT2D eigenvalue weighted by Crippen LogP contribution is -2.12. The van der Waals surface area contributed by atoms with E-state index in [1.165, 1.54) is 16.8 Å². The molecule has 2 aliphatic rings. The Labute approximate surface area is 169 Å². The third kappa shape index (κ3) is 3.48. The molecule has 8 heteroatoms. The summed E-state index contributed by atoms with van der Waals surface area (Å²) in [7, 11) is -3.67. The van der Waals surface area contributed by atoms with Crippen LogP contribution in [0.15, 0.2) is 47.6 Å². The fraction of sp³-hybridized carbons (Fsp3) is 0.333. The SMILES string of the molecule is O=CO.O=S(=O)(c1ccc2c(c1)CCO2)n1cc(C2CCCC2)c2ncccc21. The van der Waals surface area contributed by atoms with Crippen LogP contribution in [0.3, 0.4) is 0 Å². The highest BCUT2D eigenvalue weighted by molar-refractivity contribution is 7.90. The maximum Gasteiger partial charge on any atom is 0.290 e. The van der Waals surface area contributed by atoms with Gasteiger partial charge in [-0.2, -0.15) is 0 Å². The number of nitrogens with zero attached hydrogens (tertiary/aromatic N) is 2. The topological polar surface area (TPSA) is 98.5 Å². The molecule has 5 rings (SSSR count). The van der Waals surface area contributed by atoms with Crippen molar-refractivity contribution in [3.8, 4) is 5.75 Å². The monoisotopic (exact) mass is 414 g/mol. The molecule has 1 aromatic carbocycles. The summed E-state index contributed by atoms with van der Waals surface area (Å²) in [6.45, 7) is 0.362. The summed E-state index contributed by atoms with van der Waals surface area (Å²) in [5.41, 5.74) is 3.49. The Bertz CT molecular complexity index is 1150. The number of pyridine rings is 1. The van der Waals surface area contributed by atoms with Gasteiger partial charge in [0.25, 0.3) is 16.5 Å². The zero-order valence-electron chi connectivity index (χ0n) is 15.8. The third-order valence-corrected chi connectivity index (χ3v) is 7.24. The van der Waals surface area contributed by atoms with E-state index in [2.05, 4.69) is 4.98 Å². The van der Waals surface area contributed by atoms with Crippen LogP contribution >= 0.6 is 0 Å². The Morgan fingerprint density at radius 1 is 1.21 bits per heavy atom. The molecular weight excluding hydrogens is 392 g/mol. The van der Waals surface area contributed by atoms with Gasteiger partial charge in [-0.15, -0.1) is 0 Å². The molecule has 0 radical (unpaired) electrons. The van der Waals surface area contributed by atoms with Crippen LogP contribution in [-0.4, -0.2) is 35.6 Å². The van der Waals surface area contributed by atoms with E-state index < -0.39 is 10.0 Å². The van der Waals surface area contributed by atoms with Gasteiger partial charge in [0.05, 0.1) is 22.5 Å². The van der Waals surface area contributed by atoms with Crippen LogP contribution in [0.1, 0.15) is 42.7 Å². The summed E-state index contributed by atoms with van der Waals surface area (Å²) in [5.74, 6) is 1.19. The quantitative estimate of drug-likeness (QED) is 0.658. The van der Waals surface area contributed by atoms with Crippen LogP contribution in [0, 0.1) is 0 Å². The number of hydrogen-bond acceptors (Lipinski definition) is 5. The second-order valence-electron chi connectivity index (χ2n) is 7.21. The molecule has 0 bridgehead atoms. The third-order valence-electron chi connectivity index (χ3n) is 5.57. The van der Waals surface area contributed by atoms with Crippen LogP contribution < -0.4 is 4.74 Å². The fourth-order valence-electron chi connectivity index (χ4n) is 4.23. The van der Waals surface area contributed by atoms with E-state index in [1.54, 1.807) is 36.7 Å².